The lowest BCUT2D eigenvalue weighted by atomic mass is 10.0. The quantitative estimate of drug-likeness (QED) is 0.786. The van der Waals surface area contributed by atoms with E-state index >= 15 is 0 Å². The van der Waals surface area contributed by atoms with Crippen molar-refractivity contribution >= 4 is 21.2 Å². The van der Waals surface area contributed by atoms with Gasteiger partial charge in [-0.05, 0) is 25.0 Å². The average Bonchev–Trinajstić information content (AvgIpc) is 2.40. The van der Waals surface area contributed by atoms with Crippen LogP contribution in [-0.2, 0) is 9.84 Å². The van der Waals surface area contributed by atoms with Gasteiger partial charge < -0.3 is 10.6 Å². The van der Waals surface area contributed by atoms with Crippen LogP contribution in [0.15, 0.2) is 23.1 Å². The first kappa shape index (κ1) is 16.8. The van der Waals surface area contributed by atoms with Crippen LogP contribution in [0.25, 0.3) is 0 Å². The van der Waals surface area contributed by atoms with Gasteiger partial charge in [0.2, 0.25) is 0 Å². The van der Waals surface area contributed by atoms with E-state index < -0.39 is 9.84 Å². The zero-order valence-electron chi connectivity index (χ0n) is 12.9. The third-order valence-corrected chi connectivity index (χ3v) is 4.95. The number of benzene rings is 1. The van der Waals surface area contributed by atoms with E-state index in [0.717, 1.165) is 31.6 Å². The normalized spacial score (nSPS) is 11.8. The first-order valence-corrected chi connectivity index (χ1v) is 9.07. The van der Waals surface area contributed by atoms with E-state index in [4.69, 9.17) is 5.73 Å². The predicted octanol–water partition coefficient (Wildman–Crippen LogP) is 2.93. The molecule has 0 fully saturated rings. The Labute approximate surface area is 122 Å². The topological polar surface area (TPSA) is 63.4 Å². The molecule has 0 aliphatic carbocycles. The van der Waals surface area contributed by atoms with Crippen LogP contribution in [0, 0.1) is 5.92 Å². The third kappa shape index (κ3) is 3.88. The lowest BCUT2D eigenvalue weighted by Gasteiger charge is -2.29. The van der Waals surface area contributed by atoms with E-state index in [1.54, 1.807) is 12.1 Å². The molecule has 20 heavy (non-hydrogen) atoms. The van der Waals surface area contributed by atoms with Crippen molar-refractivity contribution in [2.45, 2.75) is 38.5 Å². The predicted molar refractivity (Wildman–Crippen MR) is 85.9 cm³/mol. The number of nitrogens with two attached hydrogens (primary N) is 1. The molecule has 114 valence electrons. The highest BCUT2D eigenvalue weighted by molar-refractivity contribution is 7.90. The molecule has 0 atom stereocenters. The largest absolute Gasteiger partial charge is 0.396 e. The maximum absolute atomic E-state index is 11.8. The van der Waals surface area contributed by atoms with E-state index in [2.05, 4.69) is 25.7 Å². The van der Waals surface area contributed by atoms with E-state index in [9.17, 15) is 8.42 Å². The van der Waals surface area contributed by atoms with Crippen LogP contribution in [-0.4, -0.2) is 27.8 Å². The Morgan fingerprint density at radius 1 is 1.20 bits per heavy atom. The molecular formula is C15H26N2O2S. The number of hydrogen-bond donors (Lipinski definition) is 1. The molecule has 0 saturated carbocycles. The summed E-state index contributed by atoms with van der Waals surface area (Å²) in [7, 11) is -3.29. The minimum absolute atomic E-state index is 0.220. The number of rotatable bonds is 7. The standard InChI is InChI=1S/C15H26N2O2S/c1-5-12(6-2)11-17(7-3)13-9-8-10-14(15(13)16)20(4,18)19/h8-10,12H,5-7,11,16H2,1-4H3. The highest BCUT2D eigenvalue weighted by Crippen LogP contribution is 2.30. The fourth-order valence-corrected chi connectivity index (χ4v) is 3.22. The monoisotopic (exact) mass is 298 g/mol. The first-order valence-electron chi connectivity index (χ1n) is 7.18. The summed E-state index contributed by atoms with van der Waals surface area (Å²) in [5.74, 6) is 0.594. The summed E-state index contributed by atoms with van der Waals surface area (Å²) in [5, 5.41) is 0. The van der Waals surface area contributed by atoms with Crippen LogP contribution < -0.4 is 10.6 Å². The molecule has 1 rings (SSSR count). The van der Waals surface area contributed by atoms with E-state index in [0.29, 0.717) is 11.6 Å². The van der Waals surface area contributed by atoms with Crippen molar-refractivity contribution in [2.75, 3.05) is 30.0 Å². The van der Waals surface area contributed by atoms with Crippen LogP contribution in [0.4, 0.5) is 11.4 Å². The van der Waals surface area contributed by atoms with Gasteiger partial charge in [0.1, 0.15) is 0 Å². The molecule has 0 amide bonds. The van der Waals surface area contributed by atoms with Gasteiger partial charge >= 0.3 is 0 Å². The number of para-hydroxylation sites is 1. The lowest BCUT2D eigenvalue weighted by Crippen LogP contribution is -2.30. The summed E-state index contributed by atoms with van der Waals surface area (Å²) in [6.07, 6.45) is 3.41. The molecule has 0 aliphatic rings. The minimum atomic E-state index is -3.29. The van der Waals surface area contributed by atoms with Crippen LogP contribution in [0.5, 0.6) is 0 Å². The smallest absolute Gasteiger partial charge is 0.177 e. The Bertz CT molecular complexity index is 537. The first-order chi connectivity index (χ1) is 9.35. The summed E-state index contributed by atoms with van der Waals surface area (Å²) in [4.78, 5) is 2.39. The third-order valence-electron chi connectivity index (χ3n) is 3.80. The molecule has 0 heterocycles. The number of anilines is 2. The van der Waals surface area contributed by atoms with Gasteiger partial charge in [-0.1, -0.05) is 32.8 Å². The summed E-state index contributed by atoms with van der Waals surface area (Å²) < 4.78 is 23.5. The molecular weight excluding hydrogens is 272 g/mol. The molecule has 2 N–H and O–H groups in total. The van der Waals surface area contributed by atoms with Crippen molar-refractivity contribution in [1.29, 1.82) is 0 Å². The minimum Gasteiger partial charge on any atom is -0.396 e. The SMILES string of the molecule is CCC(CC)CN(CC)c1cccc(S(C)(=O)=O)c1N. The van der Waals surface area contributed by atoms with Crippen LogP contribution in [0.1, 0.15) is 33.6 Å². The Morgan fingerprint density at radius 3 is 2.25 bits per heavy atom. The number of nitrogens with zero attached hydrogens (tertiary/aromatic N) is 1. The van der Waals surface area contributed by atoms with Crippen molar-refractivity contribution in [1.82, 2.24) is 0 Å². The number of hydrogen-bond acceptors (Lipinski definition) is 4. The van der Waals surface area contributed by atoms with Crippen LogP contribution in [0.2, 0.25) is 0 Å². The summed E-state index contributed by atoms with van der Waals surface area (Å²) in [6.45, 7) is 8.14. The molecule has 0 unspecified atom stereocenters. The Balaban J connectivity index is 3.17. The van der Waals surface area contributed by atoms with Crippen molar-refractivity contribution < 1.29 is 8.42 Å². The Hall–Kier alpha value is -1.23. The lowest BCUT2D eigenvalue weighted by molar-refractivity contribution is 0.486. The second-order valence-corrected chi connectivity index (χ2v) is 7.17. The highest BCUT2D eigenvalue weighted by Gasteiger charge is 2.18. The fourth-order valence-electron chi connectivity index (χ4n) is 2.39. The van der Waals surface area contributed by atoms with Gasteiger partial charge in [-0.2, -0.15) is 0 Å². The Morgan fingerprint density at radius 2 is 1.80 bits per heavy atom. The van der Waals surface area contributed by atoms with Crippen molar-refractivity contribution in [3.63, 3.8) is 0 Å². The van der Waals surface area contributed by atoms with E-state index in [1.165, 1.54) is 6.26 Å². The summed E-state index contributed by atoms with van der Waals surface area (Å²) in [6, 6.07) is 5.23. The molecule has 0 radical (unpaired) electrons. The highest BCUT2D eigenvalue weighted by atomic mass is 32.2. The van der Waals surface area contributed by atoms with Gasteiger partial charge in [0, 0.05) is 19.3 Å². The maximum Gasteiger partial charge on any atom is 0.177 e. The number of sulfone groups is 1. The average molecular weight is 298 g/mol. The molecule has 0 aliphatic heterocycles. The van der Waals surface area contributed by atoms with Gasteiger partial charge in [-0.15, -0.1) is 0 Å². The van der Waals surface area contributed by atoms with Gasteiger partial charge in [0.05, 0.1) is 16.3 Å². The summed E-state index contributed by atoms with van der Waals surface area (Å²) in [5.41, 5.74) is 7.27. The van der Waals surface area contributed by atoms with Crippen molar-refractivity contribution in [2.24, 2.45) is 5.92 Å². The molecule has 0 aromatic heterocycles. The zero-order chi connectivity index (χ0) is 15.3. The molecule has 4 nitrogen and oxygen atoms in total. The second-order valence-electron chi connectivity index (χ2n) is 5.18. The second kappa shape index (κ2) is 6.97. The van der Waals surface area contributed by atoms with Gasteiger partial charge in [0.25, 0.3) is 0 Å². The molecule has 0 saturated heterocycles. The zero-order valence-corrected chi connectivity index (χ0v) is 13.7. The molecule has 5 heteroatoms. The van der Waals surface area contributed by atoms with E-state index in [1.807, 2.05) is 6.07 Å². The fraction of sp³-hybridized carbons (Fsp3) is 0.600. The van der Waals surface area contributed by atoms with Crippen LogP contribution >= 0.6 is 0 Å². The molecule has 1 aromatic rings. The van der Waals surface area contributed by atoms with Gasteiger partial charge in [-0.25, -0.2) is 8.42 Å². The Kier molecular flexibility index (Phi) is 5.87. The molecule has 1 aromatic carbocycles. The molecule has 0 bridgehead atoms. The van der Waals surface area contributed by atoms with Crippen molar-refractivity contribution in [3.05, 3.63) is 18.2 Å². The van der Waals surface area contributed by atoms with Crippen LogP contribution in [0.3, 0.4) is 0 Å². The van der Waals surface area contributed by atoms with Crippen molar-refractivity contribution in [3.8, 4) is 0 Å². The van der Waals surface area contributed by atoms with Gasteiger partial charge in [0.15, 0.2) is 9.84 Å². The maximum atomic E-state index is 11.8. The number of nitrogen functional groups attached to an aromatic ring is 1. The molecule has 0 spiro atoms. The summed E-state index contributed by atoms with van der Waals surface area (Å²) >= 11 is 0. The van der Waals surface area contributed by atoms with Gasteiger partial charge in [-0.3, -0.25) is 0 Å². The van der Waals surface area contributed by atoms with E-state index in [-0.39, 0.29) is 4.90 Å².